The number of nitrogens with one attached hydrogen (secondary N) is 1. The van der Waals surface area contributed by atoms with E-state index in [1.807, 2.05) is 43.3 Å². The van der Waals surface area contributed by atoms with Crippen LogP contribution in [0.5, 0.6) is 0 Å². The maximum atomic E-state index is 12.5. The molecule has 0 bridgehead atoms. The molecule has 1 amide bonds. The molecule has 0 aliphatic carbocycles. The van der Waals surface area contributed by atoms with Crippen molar-refractivity contribution in [1.29, 1.82) is 5.26 Å². The number of furan rings is 1. The van der Waals surface area contributed by atoms with Crippen LogP contribution in [0.2, 0.25) is 5.02 Å². The molecule has 2 aromatic heterocycles. The summed E-state index contributed by atoms with van der Waals surface area (Å²) in [5.74, 6) is -0.217. The molecular formula is C22H15ClN6O2S. The fourth-order valence-electron chi connectivity index (χ4n) is 2.69. The van der Waals surface area contributed by atoms with Gasteiger partial charge in [-0.3, -0.25) is 4.79 Å². The lowest BCUT2D eigenvalue weighted by atomic mass is 10.2. The minimum atomic E-state index is -0.564. The van der Waals surface area contributed by atoms with Crippen molar-refractivity contribution >= 4 is 41.0 Å². The number of halogens is 1. The molecule has 8 nitrogen and oxygen atoms in total. The molecule has 4 aromatic rings. The molecule has 10 heteroatoms. The number of nitrogens with zero attached hydrogens (tertiary/aromatic N) is 5. The number of benzene rings is 2. The molecule has 0 radical (unpaired) electrons. The molecule has 2 aromatic carbocycles. The van der Waals surface area contributed by atoms with E-state index in [0.717, 1.165) is 11.3 Å². The van der Waals surface area contributed by atoms with Crippen LogP contribution in [-0.2, 0) is 4.79 Å². The molecule has 0 unspecified atom stereocenters. The van der Waals surface area contributed by atoms with Crippen LogP contribution in [0, 0.1) is 18.3 Å². The highest BCUT2D eigenvalue weighted by molar-refractivity contribution is 7.99. The first-order valence-electron chi connectivity index (χ1n) is 9.34. The minimum absolute atomic E-state index is 0.110. The number of hydrogen-bond donors (Lipinski definition) is 1. The van der Waals surface area contributed by atoms with E-state index in [-0.39, 0.29) is 5.57 Å². The van der Waals surface area contributed by atoms with Gasteiger partial charge in [-0.05, 0) is 71.1 Å². The SMILES string of the molecule is Cc1ccc(NC(=O)/C(C#N)=C/c2ccc(Sc3nnnn3-c3ccccc3)o2)cc1Cl. The molecule has 0 saturated heterocycles. The summed E-state index contributed by atoms with van der Waals surface area (Å²) in [6.07, 6.45) is 1.37. The Morgan fingerprint density at radius 1 is 1.22 bits per heavy atom. The molecule has 4 rings (SSSR count). The number of para-hydroxylation sites is 1. The molecule has 0 spiro atoms. The fraction of sp³-hybridized carbons (Fsp3) is 0.0455. The van der Waals surface area contributed by atoms with E-state index in [4.69, 9.17) is 16.0 Å². The number of carbonyl (C=O) groups excluding carboxylic acids is 1. The second kappa shape index (κ2) is 9.51. The Kier molecular flexibility index (Phi) is 6.35. The summed E-state index contributed by atoms with van der Waals surface area (Å²) in [6.45, 7) is 1.86. The number of amides is 1. The first kappa shape index (κ1) is 21.4. The average molecular weight is 463 g/mol. The number of hydrogen-bond acceptors (Lipinski definition) is 7. The number of nitriles is 1. The van der Waals surface area contributed by atoms with E-state index in [1.165, 1.54) is 17.8 Å². The van der Waals surface area contributed by atoms with Gasteiger partial charge in [-0.1, -0.05) is 35.9 Å². The van der Waals surface area contributed by atoms with Gasteiger partial charge in [0.2, 0.25) is 5.16 Å². The number of carbonyl (C=O) groups is 1. The van der Waals surface area contributed by atoms with Gasteiger partial charge in [-0.2, -0.15) is 9.94 Å². The zero-order chi connectivity index (χ0) is 22.5. The summed E-state index contributed by atoms with van der Waals surface area (Å²) >= 11 is 7.31. The quantitative estimate of drug-likeness (QED) is 0.320. The van der Waals surface area contributed by atoms with Crippen LogP contribution in [0.4, 0.5) is 5.69 Å². The largest absolute Gasteiger partial charge is 0.450 e. The summed E-state index contributed by atoms with van der Waals surface area (Å²) in [4.78, 5) is 12.5. The summed E-state index contributed by atoms with van der Waals surface area (Å²) < 4.78 is 7.33. The van der Waals surface area contributed by atoms with E-state index in [2.05, 4.69) is 20.8 Å². The standard InChI is InChI=1S/C22H15ClN6O2S/c1-14-7-8-16(12-19(14)23)25-21(30)15(13-24)11-18-9-10-20(31-18)32-22-26-27-28-29(22)17-5-3-2-4-6-17/h2-12H,1H3,(H,25,30)/b15-11+. The second-order valence-electron chi connectivity index (χ2n) is 6.56. The van der Waals surface area contributed by atoms with Crippen molar-refractivity contribution in [3.8, 4) is 11.8 Å². The molecule has 0 atom stereocenters. The third kappa shape index (κ3) is 4.88. The Morgan fingerprint density at radius 3 is 2.78 bits per heavy atom. The van der Waals surface area contributed by atoms with Crippen molar-refractivity contribution in [2.45, 2.75) is 17.2 Å². The van der Waals surface area contributed by atoms with E-state index < -0.39 is 5.91 Å². The molecular weight excluding hydrogens is 448 g/mol. The Labute approximate surface area is 192 Å². The van der Waals surface area contributed by atoms with Gasteiger partial charge in [0.1, 0.15) is 17.4 Å². The summed E-state index contributed by atoms with van der Waals surface area (Å²) in [5, 5.41) is 25.4. The van der Waals surface area contributed by atoms with Crippen LogP contribution in [0.15, 0.2) is 80.9 Å². The summed E-state index contributed by atoms with van der Waals surface area (Å²) in [7, 11) is 0. The molecule has 0 saturated carbocycles. The Bertz CT molecular complexity index is 1340. The van der Waals surface area contributed by atoms with Gasteiger partial charge in [-0.25, -0.2) is 0 Å². The first-order valence-corrected chi connectivity index (χ1v) is 10.5. The van der Waals surface area contributed by atoms with Gasteiger partial charge in [0.05, 0.1) is 5.69 Å². The Balaban J connectivity index is 1.49. The number of aromatic nitrogens is 4. The third-order valence-electron chi connectivity index (χ3n) is 4.32. The van der Waals surface area contributed by atoms with E-state index in [9.17, 15) is 10.1 Å². The maximum Gasteiger partial charge on any atom is 0.266 e. The van der Waals surface area contributed by atoms with Crippen LogP contribution < -0.4 is 5.32 Å². The van der Waals surface area contributed by atoms with Crippen molar-refractivity contribution < 1.29 is 9.21 Å². The first-order chi connectivity index (χ1) is 15.5. The highest BCUT2D eigenvalue weighted by Gasteiger charge is 2.14. The predicted molar refractivity (Wildman–Crippen MR) is 120 cm³/mol. The van der Waals surface area contributed by atoms with Gasteiger partial charge < -0.3 is 9.73 Å². The van der Waals surface area contributed by atoms with E-state index in [1.54, 1.807) is 35.0 Å². The van der Waals surface area contributed by atoms with Crippen molar-refractivity contribution in [3.63, 3.8) is 0 Å². The summed E-state index contributed by atoms with van der Waals surface area (Å²) in [6, 6.07) is 19.8. The normalized spacial score (nSPS) is 11.2. The molecule has 158 valence electrons. The highest BCUT2D eigenvalue weighted by atomic mass is 35.5. The van der Waals surface area contributed by atoms with Gasteiger partial charge in [-0.15, -0.1) is 5.10 Å². The molecule has 2 heterocycles. The van der Waals surface area contributed by atoms with Crippen LogP contribution >= 0.6 is 23.4 Å². The zero-order valence-electron chi connectivity index (χ0n) is 16.7. The third-order valence-corrected chi connectivity index (χ3v) is 5.58. The van der Waals surface area contributed by atoms with Crippen LogP contribution in [-0.4, -0.2) is 26.1 Å². The zero-order valence-corrected chi connectivity index (χ0v) is 18.3. The predicted octanol–water partition coefficient (Wildman–Crippen LogP) is 4.91. The minimum Gasteiger partial charge on any atom is -0.450 e. The Hall–Kier alpha value is -3.87. The molecule has 0 fully saturated rings. The monoisotopic (exact) mass is 462 g/mol. The lowest BCUT2D eigenvalue weighted by Crippen LogP contribution is -2.13. The lowest BCUT2D eigenvalue weighted by molar-refractivity contribution is -0.112. The van der Waals surface area contributed by atoms with Crippen molar-refractivity contribution in [3.05, 3.63) is 82.6 Å². The topological polar surface area (TPSA) is 110 Å². The van der Waals surface area contributed by atoms with Crippen LogP contribution in [0.25, 0.3) is 11.8 Å². The van der Waals surface area contributed by atoms with Crippen molar-refractivity contribution in [2.24, 2.45) is 0 Å². The number of aryl methyl sites for hydroxylation is 1. The van der Waals surface area contributed by atoms with Crippen LogP contribution in [0.3, 0.4) is 0 Å². The average Bonchev–Trinajstić information content (AvgIpc) is 3.45. The molecule has 0 aliphatic rings. The molecule has 0 aliphatic heterocycles. The number of rotatable bonds is 6. The van der Waals surface area contributed by atoms with Crippen molar-refractivity contribution in [1.82, 2.24) is 20.2 Å². The summed E-state index contributed by atoms with van der Waals surface area (Å²) in [5.41, 5.74) is 2.09. The van der Waals surface area contributed by atoms with Gasteiger partial charge in [0, 0.05) is 16.8 Å². The smallest absolute Gasteiger partial charge is 0.266 e. The number of anilines is 1. The van der Waals surface area contributed by atoms with Gasteiger partial charge in [0.15, 0.2) is 5.09 Å². The fourth-order valence-corrected chi connectivity index (χ4v) is 3.63. The van der Waals surface area contributed by atoms with E-state index in [0.29, 0.717) is 26.7 Å². The van der Waals surface area contributed by atoms with Crippen LogP contribution in [0.1, 0.15) is 11.3 Å². The second-order valence-corrected chi connectivity index (χ2v) is 7.93. The molecule has 1 N–H and O–H groups in total. The van der Waals surface area contributed by atoms with Crippen molar-refractivity contribution in [2.75, 3.05) is 5.32 Å². The van der Waals surface area contributed by atoms with Gasteiger partial charge in [0.25, 0.3) is 5.91 Å². The van der Waals surface area contributed by atoms with E-state index >= 15 is 0 Å². The highest BCUT2D eigenvalue weighted by Crippen LogP contribution is 2.29. The maximum absolute atomic E-state index is 12.5. The molecule has 32 heavy (non-hydrogen) atoms. The number of tetrazole rings is 1. The van der Waals surface area contributed by atoms with Gasteiger partial charge >= 0.3 is 0 Å². The Morgan fingerprint density at radius 2 is 2.03 bits per heavy atom. The lowest BCUT2D eigenvalue weighted by Gasteiger charge is -2.06.